The molecule has 2 aliphatic heterocycles. The third-order valence-corrected chi connectivity index (χ3v) is 6.13. The highest BCUT2D eigenvalue weighted by atomic mass is 16.5. The number of aliphatic imine (C=N–C) groups is 1. The molecule has 2 heterocycles. The zero-order valence-electron chi connectivity index (χ0n) is 19.5. The number of benzene rings is 1. The van der Waals surface area contributed by atoms with E-state index < -0.39 is 0 Å². The van der Waals surface area contributed by atoms with Gasteiger partial charge in [0, 0.05) is 45.9 Å². The molecule has 0 aliphatic carbocycles. The highest BCUT2D eigenvalue weighted by molar-refractivity contribution is 5.82. The third-order valence-electron chi connectivity index (χ3n) is 6.13. The van der Waals surface area contributed by atoms with Crippen molar-refractivity contribution in [1.29, 1.82) is 0 Å². The van der Waals surface area contributed by atoms with E-state index >= 15 is 0 Å². The van der Waals surface area contributed by atoms with Crippen LogP contribution in [0.15, 0.2) is 29.3 Å². The number of nitrogens with zero attached hydrogens (tertiary/aromatic N) is 4. The molecule has 31 heavy (non-hydrogen) atoms. The first-order chi connectivity index (χ1) is 15.1. The van der Waals surface area contributed by atoms with Gasteiger partial charge in [-0.1, -0.05) is 38.1 Å². The molecule has 3 rings (SSSR count). The highest BCUT2D eigenvalue weighted by Crippen LogP contribution is 2.16. The first kappa shape index (κ1) is 23.5. The van der Waals surface area contributed by atoms with Crippen LogP contribution >= 0.6 is 0 Å². The fraction of sp³-hybridized carbons (Fsp3) is 0.667. The summed E-state index contributed by atoms with van der Waals surface area (Å²) in [6.45, 7) is 14.8. The molecule has 1 N–H and O–H groups in total. The summed E-state index contributed by atoms with van der Waals surface area (Å²) in [6, 6.07) is 8.74. The van der Waals surface area contributed by atoms with Crippen molar-refractivity contribution >= 4 is 11.9 Å². The molecular weight excluding hydrogens is 390 g/mol. The Balaban J connectivity index is 1.57. The van der Waals surface area contributed by atoms with Crippen molar-refractivity contribution in [3.05, 3.63) is 35.4 Å². The Kier molecular flexibility index (Phi) is 9.15. The standard InChI is InChI=1S/C24H39N5O2/c1-4-25-24(26-18-20-9-7-10-21(17-20)19-27(5-2)6-3)29-14-12-28(13-15-29)23(30)22-11-8-16-31-22/h7,9-10,17,22H,4-6,8,11-16,18-19H2,1-3H3,(H,25,26). The Morgan fingerprint density at radius 1 is 1.13 bits per heavy atom. The Morgan fingerprint density at radius 3 is 2.48 bits per heavy atom. The molecule has 0 spiro atoms. The fourth-order valence-corrected chi connectivity index (χ4v) is 4.24. The van der Waals surface area contributed by atoms with Gasteiger partial charge in [0.25, 0.3) is 5.91 Å². The highest BCUT2D eigenvalue weighted by Gasteiger charge is 2.30. The maximum Gasteiger partial charge on any atom is 0.251 e. The number of piperazine rings is 1. The Hall–Kier alpha value is -2.12. The summed E-state index contributed by atoms with van der Waals surface area (Å²) in [5.41, 5.74) is 2.56. The van der Waals surface area contributed by atoms with Crippen molar-refractivity contribution in [3.8, 4) is 0 Å². The fourth-order valence-electron chi connectivity index (χ4n) is 4.24. The molecular formula is C24H39N5O2. The van der Waals surface area contributed by atoms with Gasteiger partial charge >= 0.3 is 0 Å². The van der Waals surface area contributed by atoms with Crippen LogP contribution in [0, 0.1) is 0 Å². The number of amides is 1. The van der Waals surface area contributed by atoms with Crippen LogP contribution in [0.2, 0.25) is 0 Å². The molecule has 0 aromatic heterocycles. The molecule has 1 unspecified atom stereocenters. The molecule has 0 saturated carbocycles. The second-order valence-corrected chi connectivity index (χ2v) is 8.27. The zero-order chi connectivity index (χ0) is 22.1. The lowest BCUT2D eigenvalue weighted by Gasteiger charge is -2.37. The molecule has 2 aliphatic rings. The number of carbonyl (C=O) groups is 1. The summed E-state index contributed by atoms with van der Waals surface area (Å²) < 4.78 is 5.57. The number of hydrogen-bond donors (Lipinski definition) is 1. The van der Waals surface area contributed by atoms with Crippen LogP contribution in [0.1, 0.15) is 44.7 Å². The predicted molar refractivity (Wildman–Crippen MR) is 125 cm³/mol. The molecule has 0 radical (unpaired) electrons. The number of hydrogen-bond acceptors (Lipinski definition) is 4. The first-order valence-corrected chi connectivity index (χ1v) is 11.9. The normalized spacial score (nSPS) is 19.9. The second-order valence-electron chi connectivity index (χ2n) is 8.27. The summed E-state index contributed by atoms with van der Waals surface area (Å²) in [4.78, 5) is 24.1. The lowest BCUT2D eigenvalue weighted by molar-refractivity contribution is -0.142. The molecule has 1 aromatic rings. The van der Waals surface area contributed by atoms with Gasteiger partial charge in [0.15, 0.2) is 5.96 Å². The molecule has 1 atom stereocenters. The van der Waals surface area contributed by atoms with E-state index in [1.165, 1.54) is 11.1 Å². The van der Waals surface area contributed by atoms with E-state index in [1.807, 2.05) is 4.90 Å². The maximum atomic E-state index is 12.6. The van der Waals surface area contributed by atoms with Gasteiger partial charge in [-0.05, 0) is 44.0 Å². The van der Waals surface area contributed by atoms with Crippen molar-refractivity contribution in [2.45, 2.75) is 52.8 Å². The predicted octanol–water partition coefficient (Wildman–Crippen LogP) is 2.32. The Morgan fingerprint density at radius 2 is 1.84 bits per heavy atom. The number of carbonyl (C=O) groups excluding carboxylic acids is 1. The van der Waals surface area contributed by atoms with E-state index in [9.17, 15) is 4.79 Å². The quantitative estimate of drug-likeness (QED) is 0.508. The van der Waals surface area contributed by atoms with E-state index in [0.29, 0.717) is 13.2 Å². The van der Waals surface area contributed by atoms with Crippen molar-refractivity contribution in [3.63, 3.8) is 0 Å². The van der Waals surface area contributed by atoms with Crippen LogP contribution in [-0.4, -0.2) is 85.1 Å². The number of ether oxygens (including phenoxy) is 1. The van der Waals surface area contributed by atoms with E-state index in [1.54, 1.807) is 0 Å². The summed E-state index contributed by atoms with van der Waals surface area (Å²) in [6.07, 6.45) is 1.62. The zero-order valence-corrected chi connectivity index (χ0v) is 19.5. The Bertz CT molecular complexity index is 720. The van der Waals surface area contributed by atoms with Gasteiger partial charge in [0.05, 0.1) is 6.54 Å². The molecule has 2 saturated heterocycles. The second kappa shape index (κ2) is 12.1. The monoisotopic (exact) mass is 429 g/mol. The topological polar surface area (TPSA) is 60.4 Å². The minimum absolute atomic E-state index is 0.157. The summed E-state index contributed by atoms with van der Waals surface area (Å²) in [5, 5.41) is 3.43. The number of rotatable bonds is 8. The van der Waals surface area contributed by atoms with Crippen molar-refractivity contribution < 1.29 is 9.53 Å². The van der Waals surface area contributed by atoms with Crippen molar-refractivity contribution in [1.82, 2.24) is 20.0 Å². The first-order valence-electron chi connectivity index (χ1n) is 11.9. The minimum atomic E-state index is -0.225. The largest absolute Gasteiger partial charge is 0.368 e. The maximum absolute atomic E-state index is 12.6. The van der Waals surface area contributed by atoms with Crippen LogP contribution in [0.5, 0.6) is 0 Å². The molecule has 2 fully saturated rings. The van der Waals surface area contributed by atoms with Crippen LogP contribution in [0.4, 0.5) is 0 Å². The molecule has 7 heteroatoms. The van der Waals surface area contributed by atoms with E-state index in [2.05, 4.69) is 60.2 Å². The van der Waals surface area contributed by atoms with Gasteiger partial charge in [-0.15, -0.1) is 0 Å². The van der Waals surface area contributed by atoms with Gasteiger partial charge in [-0.3, -0.25) is 9.69 Å². The molecule has 172 valence electrons. The summed E-state index contributed by atoms with van der Waals surface area (Å²) >= 11 is 0. The van der Waals surface area contributed by atoms with Gasteiger partial charge in [-0.25, -0.2) is 4.99 Å². The average molecular weight is 430 g/mol. The van der Waals surface area contributed by atoms with Gasteiger partial charge in [0.1, 0.15) is 6.10 Å². The lowest BCUT2D eigenvalue weighted by Crippen LogP contribution is -2.55. The van der Waals surface area contributed by atoms with Crippen molar-refractivity contribution in [2.24, 2.45) is 4.99 Å². The number of guanidine groups is 1. The summed E-state index contributed by atoms with van der Waals surface area (Å²) in [5.74, 6) is 1.09. The lowest BCUT2D eigenvalue weighted by atomic mass is 10.1. The van der Waals surface area contributed by atoms with Crippen LogP contribution < -0.4 is 5.32 Å². The van der Waals surface area contributed by atoms with Gasteiger partial charge < -0.3 is 19.9 Å². The average Bonchev–Trinajstić information content (AvgIpc) is 3.35. The van der Waals surface area contributed by atoms with Gasteiger partial charge in [-0.2, -0.15) is 0 Å². The van der Waals surface area contributed by atoms with Crippen LogP contribution in [0.3, 0.4) is 0 Å². The van der Waals surface area contributed by atoms with Crippen LogP contribution in [-0.2, 0) is 22.6 Å². The number of nitrogens with one attached hydrogen (secondary N) is 1. The van der Waals surface area contributed by atoms with E-state index in [-0.39, 0.29) is 12.0 Å². The third kappa shape index (κ3) is 6.68. The minimum Gasteiger partial charge on any atom is -0.368 e. The van der Waals surface area contributed by atoms with E-state index in [0.717, 1.165) is 71.2 Å². The van der Waals surface area contributed by atoms with Crippen LogP contribution in [0.25, 0.3) is 0 Å². The van der Waals surface area contributed by atoms with E-state index in [4.69, 9.17) is 9.73 Å². The molecule has 1 aromatic carbocycles. The molecule has 1 amide bonds. The van der Waals surface area contributed by atoms with Crippen molar-refractivity contribution in [2.75, 3.05) is 52.4 Å². The molecule has 0 bridgehead atoms. The summed E-state index contributed by atoms with van der Waals surface area (Å²) in [7, 11) is 0. The Labute approximate surface area is 187 Å². The SMILES string of the molecule is CCNC(=NCc1cccc(CN(CC)CC)c1)N1CCN(C(=O)C2CCCO2)CC1. The smallest absolute Gasteiger partial charge is 0.251 e. The van der Waals surface area contributed by atoms with Gasteiger partial charge in [0.2, 0.25) is 0 Å². The molecule has 7 nitrogen and oxygen atoms in total.